The number of aliphatic hydroxyl groups is 1. The molecule has 3 heteroatoms. The smallest absolute Gasteiger partial charge is 0.0916 e. The van der Waals surface area contributed by atoms with E-state index in [1.807, 2.05) is 31.2 Å². The van der Waals surface area contributed by atoms with Crippen LogP contribution in [0.4, 0.5) is 0 Å². The summed E-state index contributed by atoms with van der Waals surface area (Å²) < 4.78 is 0. The van der Waals surface area contributed by atoms with Crippen LogP contribution in [0.25, 0.3) is 0 Å². The molecule has 0 amide bonds. The van der Waals surface area contributed by atoms with E-state index in [9.17, 15) is 5.11 Å². The lowest BCUT2D eigenvalue weighted by Gasteiger charge is -2.23. The molecule has 0 aliphatic rings. The highest BCUT2D eigenvalue weighted by Gasteiger charge is 2.11. The van der Waals surface area contributed by atoms with Gasteiger partial charge in [-0.05, 0) is 32.0 Å². The molecule has 1 rings (SSSR count). The summed E-state index contributed by atoms with van der Waals surface area (Å²) in [5, 5.41) is 18.7. The molecule has 98 valence electrons. The van der Waals surface area contributed by atoms with Gasteiger partial charge in [0.25, 0.3) is 0 Å². The van der Waals surface area contributed by atoms with E-state index in [0.29, 0.717) is 13.0 Å². The quantitative estimate of drug-likeness (QED) is 0.752. The Morgan fingerprint density at radius 3 is 2.56 bits per heavy atom. The molecule has 0 radical (unpaired) electrons. The van der Waals surface area contributed by atoms with E-state index in [2.05, 4.69) is 17.9 Å². The number of nitriles is 1. The van der Waals surface area contributed by atoms with Crippen LogP contribution in [0, 0.1) is 18.3 Å². The third kappa shape index (κ3) is 4.87. The average molecular weight is 246 g/mol. The second-order valence-electron chi connectivity index (χ2n) is 4.58. The highest BCUT2D eigenvalue weighted by Crippen LogP contribution is 2.15. The summed E-state index contributed by atoms with van der Waals surface area (Å²) in [7, 11) is 0. The van der Waals surface area contributed by atoms with Crippen LogP contribution in [0.15, 0.2) is 24.3 Å². The number of aliphatic hydroxyl groups excluding tert-OH is 1. The van der Waals surface area contributed by atoms with E-state index in [-0.39, 0.29) is 0 Å². The zero-order chi connectivity index (χ0) is 13.4. The molecule has 0 aromatic heterocycles. The molecule has 1 aromatic rings. The Hall–Kier alpha value is -1.37. The molecular weight excluding hydrogens is 224 g/mol. The Kier molecular flexibility index (Phi) is 6.42. The van der Waals surface area contributed by atoms with Crippen molar-refractivity contribution in [3.05, 3.63) is 35.4 Å². The molecule has 0 heterocycles. The molecule has 0 aliphatic heterocycles. The number of nitrogens with zero attached hydrogens (tertiary/aromatic N) is 2. The molecule has 0 unspecified atom stereocenters. The Balaban J connectivity index is 2.48. The van der Waals surface area contributed by atoms with E-state index >= 15 is 0 Å². The first-order chi connectivity index (χ1) is 8.67. The van der Waals surface area contributed by atoms with Gasteiger partial charge in [0.05, 0.1) is 12.2 Å². The first-order valence-electron chi connectivity index (χ1n) is 6.51. The van der Waals surface area contributed by atoms with Crippen molar-refractivity contribution in [2.45, 2.75) is 32.8 Å². The van der Waals surface area contributed by atoms with Gasteiger partial charge in [-0.3, -0.25) is 0 Å². The van der Waals surface area contributed by atoms with Gasteiger partial charge in [0.1, 0.15) is 0 Å². The number of aryl methyl sites for hydroxylation is 1. The monoisotopic (exact) mass is 246 g/mol. The summed E-state index contributed by atoms with van der Waals surface area (Å²) in [4.78, 5) is 2.18. The second kappa shape index (κ2) is 7.86. The highest BCUT2D eigenvalue weighted by molar-refractivity contribution is 5.23. The molecule has 0 bridgehead atoms. The van der Waals surface area contributed by atoms with Crippen LogP contribution in [0.3, 0.4) is 0 Å². The SMILES string of the molecule is CCN(CCCC#N)C[C@@H](O)c1ccc(C)cc1. The van der Waals surface area contributed by atoms with E-state index in [1.165, 1.54) is 5.56 Å². The standard InChI is InChI=1S/C15H22N2O/c1-3-17(11-5-4-10-16)12-15(18)14-8-6-13(2)7-9-14/h6-9,15,18H,3-5,11-12H2,1-2H3/t15-/m1/s1. The first kappa shape index (κ1) is 14.7. The van der Waals surface area contributed by atoms with Crippen LogP contribution in [0.1, 0.15) is 37.0 Å². The van der Waals surface area contributed by atoms with Gasteiger partial charge in [-0.2, -0.15) is 5.26 Å². The molecule has 0 spiro atoms. The molecule has 1 N–H and O–H groups in total. The Labute approximate surface area is 110 Å². The summed E-state index contributed by atoms with van der Waals surface area (Å²) in [5.74, 6) is 0. The summed E-state index contributed by atoms with van der Waals surface area (Å²) in [6.07, 6.45) is 0.995. The van der Waals surface area contributed by atoms with Crippen molar-refractivity contribution in [2.24, 2.45) is 0 Å². The minimum absolute atomic E-state index is 0.451. The zero-order valence-corrected chi connectivity index (χ0v) is 11.3. The lowest BCUT2D eigenvalue weighted by molar-refractivity contribution is 0.115. The number of hydrogen-bond acceptors (Lipinski definition) is 3. The minimum Gasteiger partial charge on any atom is -0.387 e. The molecule has 18 heavy (non-hydrogen) atoms. The Morgan fingerprint density at radius 1 is 1.33 bits per heavy atom. The van der Waals surface area contributed by atoms with E-state index in [1.54, 1.807) is 0 Å². The molecule has 1 aromatic carbocycles. The topological polar surface area (TPSA) is 47.3 Å². The van der Waals surface area contributed by atoms with Gasteiger partial charge in [0, 0.05) is 13.0 Å². The maximum Gasteiger partial charge on any atom is 0.0916 e. The van der Waals surface area contributed by atoms with Crippen LogP contribution in [-0.2, 0) is 0 Å². The van der Waals surface area contributed by atoms with Crippen molar-refractivity contribution in [2.75, 3.05) is 19.6 Å². The first-order valence-corrected chi connectivity index (χ1v) is 6.51. The third-order valence-electron chi connectivity index (χ3n) is 3.10. The van der Waals surface area contributed by atoms with Crippen molar-refractivity contribution < 1.29 is 5.11 Å². The lowest BCUT2D eigenvalue weighted by atomic mass is 10.1. The molecule has 1 atom stereocenters. The summed E-state index contributed by atoms with van der Waals surface area (Å²) in [6.45, 7) is 6.51. The van der Waals surface area contributed by atoms with Crippen LogP contribution in [0.5, 0.6) is 0 Å². The number of rotatable bonds is 7. The lowest BCUT2D eigenvalue weighted by Crippen LogP contribution is -2.29. The van der Waals surface area contributed by atoms with Crippen LogP contribution >= 0.6 is 0 Å². The molecule has 3 nitrogen and oxygen atoms in total. The van der Waals surface area contributed by atoms with Gasteiger partial charge >= 0.3 is 0 Å². The Bertz CT molecular complexity index is 380. The normalized spacial score (nSPS) is 12.4. The highest BCUT2D eigenvalue weighted by atomic mass is 16.3. The fraction of sp³-hybridized carbons (Fsp3) is 0.533. The molecule has 0 saturated carbocycles. The number of likely N-dealkylation sites (N-methyl/N-ethyl adjacent to an activating group) is 1. The maximum atomic E-state index is 10.2. The average Bonchev–Trinajstić information content (AvgIpc) is 2.38. The summed E-state index contributed by atoms with van der Waals surface area (Å²) in [6, 6.07) is 10.1. The third-order valence-corrected chi connectivity index (χ3v) is 3.10. The van der Waals surface area contributed by atoms with Gasteiger partial charge in [-0.1, -0.05) is 36.8 Å². The van der Waals surface area contributed by atoms with Gasteiger partial charge in [0.15, 0.2) is 0 Å². The molecule has 0 saturated heterocycles. The maximum absolute atomic E-state index is 10.2. The van der Waals surface area contributed by atoms with Crippen molar-refractivity contribution in [3.63, 3.8) is 0 Å². The Morgan fingerprint density at radius 2 is 2.00 bits per heavy atom. The van der Waals surface area contributed by atoms with Crippen LogP contribution in [-0.4, -0.2) is 29.6 Å². The number of unbranched alkanes of at least 4 members (excludes halogenated alkanes) is 1. The van der Waals surface area contributed by atoms with Gasteiger partial charge < -0.3 is 10.0 Å². The molecule has 0 fully saturated rings. The van der Waals surface area contributed by atoms with E-state index in [0.717, 1.165) is 25.1 Å². The van der Waals surface area contributed by atoms with Crippen molar-refractivity contribution in [3.8, 4) is 6.07 Å². The van der Waals surface area contributed by atoms with Gasteiger partial charge in [-0.25, -0.2) is 0 Å². The second-order valence-corrected chi connectivity index (χ2v) is 4.58. The number of benzene rings is 1. The summed E-state index contributed by atoms with van der Waals surface area (Å²) in [5.41, 5.74) is 2.16. The van der Waals surface area contributed by atoms with Crippen molar-refractivity contribution in [1.82, 2.24) is 4.90 Å². The predicted molar refractivity (Wildman–Crippen MR) is 73.1 cm³/mol. The molecule has 0 aliphatic carbocycles. The fourth-order valence-corrected chi connectivity index (χ4v) is 1.90. The zero-order valence-electron chi connectivity index (χ0n) is 11.3. The number of hydrogen-bond donors (Lipinski definition) is 1. The van der Waals surface area contributed by atoms with E-state index < -0.39 is 6.10 Å². The van der Waals surface area contributed by atoms with Gasteiger partial charge in [0.2, 0.25) is 0 Å². The summed E-state index contributed by atoms with van der Waals surface area (Å²) >= 11 is 0. The molecular formula is C15H22N2O. The van der Waals surface area contributed by atoms with E-state index in [4.69, 9.17) is 5.26 Å². The van der Waals surface area contributed by atoms with Crippen LogP contribution < -0.4 is 0 Å². The largest absolute Gasteiger partial charge is 0.387 e. The van der Waals surface area contributed by atoms with Crippen molar-refractivity contribution >= 4 is 0 Å². The van der Waals surface area contributed by atoms with Crippen LogP contribution in [0.2, 0.25) is 0 Å². The fourth-order valence-electron chi connectivity index (χ4n) is 1.90. The minimum atomic E-state index is -0.451. The predicted octanol–water partition coefficient (Wildman–Crippen LogP) is 2.65. The van der Waals surface area contributed by atoms with Crippen molar-refractivity contribution in [1.29, 1.82) is 5.26 Å². The van der Waals surface area contributed by atoms with Gasteiger partial charge in [-0.15, -0.1) is 0 Å².